The number of rotatable bonds is 5. The Morgan fingerprint density at radius 1 is 1.26 bits per heavy atom. The molecule has 1 aromatic rings. The van der Waals surface area contributed by atoms with Gasteiger partial charge < -0.3 is 10.1 Å². The monoisotopic (exact) mass is 269 g/mol. The fourth-order valence-electron chi connectivity index (χ4n) is 1.26. The van der Waals surface area contributed by atoms with Gasteiger partial charge >= 0.3 is 6.36 Å². The van der Waals surface area contributed by atoms with E-state index in [2.05, 4.69) is 23.2 Å². The lowest BCUT2D eigenvalue weighted by atomic mass is 10.1. The second-order valence-electron chi connectivity index (χ2n) is 3.77. The minimum atomic E-state index is -4.67. The molecule has 0 aliphatic rings. The second kappa shape index (κ2) is 6.13. The lowest BCUT2D eigenvalue weighted by Gasteiger charge is -2.09. The lowest BCUT2D eigenvalue weighted by molar-refractivity contribution is -0.274. The maximum atomic E-state index is 12.0. The van der Waals surface area contributed by atoms with E-state index in [0.717, 1.165) is 11.1 Å². The number of halogens is 3. The normalized spacial score (nSPS) is 11.9. The maximum Gasteiger partial charge on any atom is 0.573 e. The standard InChI is InChI=1S/C14H14F3NO/c1-4-11(3)18-9-10(2)12-5-7-13(8-6-12)19-14(15,16)17/h4-9,18H,1,3H2,2H3/b10-9+. The molecule has 0 atom stereocenters. The molecule has 0 aromatic heterocycles. The summed E-state index contributed by atoms with van der Waals surface area (Å²) in [5.74, 6) is -0.243. The van der Waals surface area contributed by atoms with E-state index < -0.39 is 6.36 Å². The van der Waals surface area contributed by atoms with E-state index in [-0.39, 0.29) is 5.75 Å². The largest absolute Gasteiger partial charge is 0.573 e. The summed E-state index contributed by atoms with van der Waals surface area (Å²) in [5.41, 5.74) is 2.26. The fourth-order valence-corrected chi connectivity index (χ4v) is 1.26. The quantitative estimate of drug-likeness (QED) is 0.807. The van der Waals surface area contributed by atoms with Gasteiger partial charge in [-0.05, 0) is 36.3 Å². The van der Waals surface area contributed by atoms with E-state index in [1.807, 2.05) is 6.92 Å². The van der Waals surface area contributed by atoms with Crippen LogP contribution in [0.15, 0.2) is 55.4 Å². The van der Waals surface area contributed by atoms with Crippen LogP contribution in [0.25, 0.3) is 5.57 Å². The van der Waals surface area contributed by atoms with E-state index in [4.69, 9.17) is 0 Å². The third-order valence-electron chi connectivity index (χ3n) is 2.26. The van der Waals surface area contributed by atoms with Gasteiger partial charge in [0.05, 0.1) is 0 Å². The van der Waals surface area contributed by atoms with Crippen LogP contribution in [0, 0.1) is 0 Å². The van der Waals surface area contributed by atoms with E-state index in [1.165, 1.54) is 12.1 Å². The van der Waals surface area contributed by atoms with Crippen molar-refractivity contribution in [1.82, 2.24) is 5.32 Å². The molecule has 0 aliphatic carbocycles. The van der Waals surface area contributed by atoms with Crippen LogP contribution >= 0.6 is 0 Å². The van der Waals surface area contributed by atoms with Gasteiger partial charge in [-0.3, -0.25) is 0 Å². The van der Waals surface area contributed by atoms with Gasteiger partial charge in [-0.25, -0.2) is 0 Å². The molecule has 0 amide bonds. The molecule has 0 radical (unpaired) electrons. The molecule has 0 unspecified atom stereocenters. The van der Waals surface area contributed by atoms with Crippen molar-refractivity contribution in [3.63, 3.8) is 0 Å². The molecule has 0 heterocycles. The minimum Gasteiger partial charge on any atom is -0.406 e. The third-order valence-corrected chi connectivity index (χ3v) is 2.26. The number of nitrogens with one attached hydrogen (secondary N) is 1. The molecule has 5 heteroatoms. The highest BCUT2D eigenvalue weighted by atomic mass is 19.4. The Kier molecular flexibility index (Phi) is 4.80. The topological polar surface area (TPSA) is 21.3 Å². The summed E-state index contributed by atoms with van der Waals surface area (Å²) < 4.78 is 39.7. The Morgan fingerprint density at radius 3 is 2.32 bits per heavy atom. The number of alkyl halides is 3. The highest BCUT2D eigenvalue weighted by Crippen LogP contribution is 2.24. The number of ether oxygens (including phenoxy) is 1. The van der Waals surface area contributed by atoms with E-state index in [1.54, 1.807) is 24.4 Å². The van der Waals surface area contributed by atoms with E-state index in [0.29, 0.717) is 5.70 Å². The van der Waals surface area contributed by atoms with Gasteiger partial charge in [0.1, 0.15) is 5.75 Å². The fraction of sp³-hybridized carbons (Fsp3) is 0.143. The smallest absolute Gasteiger partial charge is 0.406 e. The van der Waals surface area contributed by atoms with Crippen molar-refractivity contribution in [3.05, 3.63) is 61.0 Å². The summed E-state index contributed by atoms with van der Waals surface area (Å²) in [6.45, 7) is 9.04. The van der Waals surface area contributed by atoms with Gasteiger partial charge in [-0.1, -0.05) is 25.3 Å². The zero-order valence-electron chi connectivity index (χ0n) is 10.4. The first-order valence-electron chi connectivity index (χ1n) is 5.42. The molecule has 2 nitrogen and oxygen atoms in total. The highest BCUT2D eigenvalue weighted by Gasteiger charge is 2.30. The van der Waals surface area contributed by atoms with Crippen molar-refractivity contribution in [2.45, 2.75) is 13.3 Å². The molecule has 0 saturated heterocycles. The predicted octanol–water partition coefficient (Wildman–Crippen LogP) is 4.24. The molecule has 0 saturated carbocycles. The van der Waals surface area contributed by atoms with Crippen LogP contribution in [-0.2, 0) is 0 Å². The molecule has 19 heavy (non-hydrogen) atoms. The van der Waals surface area contributed by atoms with E-state index in [9.17, 15) is 13.2 Å². The molecule has 1 N–H and O–H groups in total. The Labute approximate surface area is 109 Å². The minimum absolute atomic E-state index is 0.243. The number of hydrogen-bond acceptors (Lipinski definition) is 2. The molecule has 0 aliphatic heterocycles. The van der Waals surface area contributed by atoms with Crippen molar-refractivity contribution in [2.75, 3.05) is 0 Å². The Balaban J connectivity index is 2.75. The van der Waals surface area contributed by atoms with Crippen LogP contribution in [0.3, 0.4) is 0 Å². The summed E-state index contributed by atoms with van der Waals surface area (Å²) in [5, 5.41) is 2.90. The summed E-state index contributed by atoms with van der Waals surface area (Å²) in [7, 11) is 0. The number of benzene rings is 1. The van der Waals surface area contributed by atoms with Crippen LogP contribution in [-0.4, -0.2) is 6.36 Å². The van der Waals surface area contributed by atoms with Crippen LogP contribution in [0.1, 0.15) is 12.5 Å². The van der Waals surface area contributed by atoms with Crippen molar-refractivity contribution in [3.8, 4) is 5.75 Å². The molecular weight excluding hydrogens is 255 g/mol. The van der Waals surface area contributed by atoms with Gasteiger partial charge in [0, 0.05) is 11.9 Å². The molecule has 1 aromatic carbocycles. The summed E-state index contributed by atoms with van der Waals surface area (Å²) in [6.07, 6.45) is -1.41. The average molecular weight is 269 g/mol. The van der Waals surface area contributed by atoms with Gasteiger partial charge in [0.2, 0.25) is 0 Å². The number of allylic oxidation sites excluding steroid dienone is 2. The first-order chi connectivity index (χ1) is 8.81. The molecule has 0 spiro atoms. The Hall–Kier alpha value is -2.17. The van der Waals surface area contributed by atoms with Gasteiger partial charge in [-0.2, -0.15) is 0 Å². The SMILES string of the molecule is C=CC(=C)N/C=C(\C)c1ccc(OC(F)(F)F)cc1. The molecule has 1 rings (SSSR count). The third kappa shape index (κ3) is 5.33. The van der Waals surface area contributed by atoms with Gasteiger partial charge in [-0.15, -0.1) is 13.2 Å². The second-order valence-corrected chi connectivity index (χ2v) is 3.77. The lowest BCUT2D eigenvalue weighted by Crippen LogP contribution is -2.17. The van der Waals surface area contributed by atoms with Gasteiger partial charge in [0.15, 0.2) is 0 Å². The summed E-state index contributed by atoms with van der Waals surface area (Å²) in [4.78, 5) is 0. The molecular formula is C14H14F3NO. The first-order valence-corrected chi connectivity index (χ1v) is 5.42. The summed E-state index contributed by atoms with van der Waals surface area (Å²) in [6, 6.07) is 5.63. The highest BCUT2D eigenvalue weighted by molar-refractivity contribution is 5.64. The maximum absolute atomic E-state index is 12.0. The zero-order chi connectivity index (χ0) is 14.5. The number of hydrogen-bond donors (Lipinski definition) is 1. The Morgan fingerprint density at radius 2 is 1.84 bits per heavy atom. The summed E-state index contributed by atoms with van der Waals surface area (Å²) >= 11 is 0. The van der Waals surface area contributed by atoms with Crippen LogP contribution < -0.4 is 10.1 Å². The van der Waals surface area contributed by atoms with Crippen LogP contribution in [0.4, 0.5) is 13.2 Å². The van der Waals surface area contributed by atoms with Crippen LogP contribution in [0.5, 0.6) is 5.75 Å². The van der Waals surface area contributed by atoms with Crippen molar-refractivity contribution in [1.29, 1.82) is 0 Å². The van der Waals surface area contributed by atoms with Crippen LogP contribution in [0.2, 0.25) is 0 Å². The average Bonchev–Trinajstić information content (AvgIpc) is 2.34. The van der Waals surface area contributed by atoms with Crippen molar-refractivity contribution in [2.24, 2.45) is 0 Å². The van der Waals surface area contributed by atoms with Gasteiger partial charge in [0.25, 0.3) is 0 Å². The van der Waals surface area contributed by atoms with Crippen molar-refractivity contribution >= 4 is 5.57 Å². The molecule has 0 bridgehead atoms. The van der Waals surface area contributed by atoms with E-state index >= 15 is 0 Å². The molecule has 102 valence electrons. The molecule has 0 fully saturated rings. The zero-order valence-corrected chi connectivity index (χ0v) is 10.4. The predicted molar refractivity (Wildman–Crippen MR) is 69.2 cm³/mol. The first kappa shape index (κ1) is 14.9. The van der Waals surface area contributed by atoms with Crippen molar-refractivity contribution < 1.29 is 17.9 Å². The Bertz CT molecular complexity index is 486.